The molecule has 0 radical (unpaired) electrons. The van der Waals surface area contributed by atoms with Crippen molar-refractivity contribution in [1.82, 2.24) is 5.32 Å². The van der Waals surface area contributed by atoms with E-state index >= 15 is 0 Å². The summed E-state index contributed by atoms with van der Waals surface area (Å²) in [6.45, 7) is 3.98. The third-order valence-electron chi connectivity index (χ3n) is 3.24. The highest BCUT2D eigenvalue weighted by atomic mass is 19.2. The minimum atomic E-state index is -0.813. The van der Waals surface area contributed by atoms with E-state index in [0.717, 1.165) is 17.2 Å². The summed E-state index contributed by atoms with van der Waals surface area (Å²) in [7, 11) is 0. The molecule has 0 aliphatic carbocycles. The van der Waals surface area contributed by atoms with E-state index in [1.54, 1.807) is 6.07 Å². The fourth-order valence-corrected chi connectivity index (χ4v) is 2.09. The van der Waals surface area contributed by atoms with Crippen molar-refractivity contribution in [3.63, 3.8) is 0 Å². The molecule has 0 bridgehead atoms. The van der Waals surface area contributed by atoms with Gasteiger partial charge in [-0.15, -0.1) is 0 Å². The normalized spacial score (nSPS) is 14.1. The standard InChI is InChI=1S/C16H17F2N/c1-11(13-6-4-3-5-7-13)19-12(2)14-8-9-15(17)16(18)10-14/h3-12,19H,1-2H3/t11-,12?/m1/s1. The lowest BCUT2D eigenvalue weighted by atomic mass is 10.0. The number of hydrogen-bond acceptors (Lipinski definition) is 1. The highest BCUT2D eigenvalue weighted by Crippen LogP contribution is 2.20. The summed E-state index contributed by atoms with van der Waals surface area (Å²) in [5.74, 6) is -1.62. The fraction of sp³-hybridized carbons (Fsp3) is 0.250. The summed E-state index contributed by atoms with van der Waals surface area (Å²) in [5.41, 5.74) is 1.90. The van der Waals surface area contributed by atoms with Crippen LogP contribution in [0, 0.1) is 11.6 Å². The molecule has 0 saturated carbocycles. The molecular weight excluding hydrogens is 244 g/mol. The van der Waals surface area contributed by atoms with Crippen molar-refractivity contribution in [2.24, 2.45) is 0 Å². The second-order valence-corrected chi connectivity index (χ2v) is 4.69. The van der Waals surface area contributed by atoms with Gasteiger partial charge < -0.3 is 5.32 Å². The lowest BCUT2D eigenvalue weighted by molar-refractivity contribution is 0.480. The molecule has 0 aromatic heterocycles. The Bertz CT molecular complexity index is 540. The zero-order valence-electron chi connectivity index (χ0n) is 11.0. The van der Waals surface area contributed by atoms with Gasteiger partial charge in [0.05, 0.1) is 0 Å². The van der Waals surface area contributed by atoms with Crippen LogP contribution in [0.5, 0.6) is 0 Å². The van der Waals surface area contributed by atoms with Crippen LogP contribution in [0.15, 0.2) is 48.5 Å². The Balaban J connectivity index is 2.08. The van der Waals surface area contributed by atoms with Gasteiger partial charge in [-0.25, -0.2) is 8.78 Å². The third kappa shape index (κ3) is 3.38. The summed E-state index contributed by atoms with van der Waals surface area (Å²) in [6.07, 6.45) is 0. The molecule has 2 aromatic carbocycles. The second kappa shape index (κ2) is 5.93. The average Bonchev–Trinajstić information content (AvgIpc) is 2.42. The van der Waals surface area contributed by atoms with Gasteiger partial charge in [-0.3, -0.25) is 0 Å². The Morgan fingerprint density at radius 2 is 1.42 bits per heavy atom. The molecule has 2 atom stereocenters. The Morgan fingerprint density at radius 3 is 2.05 bits per heavy atom. The van der Waals surface area contributed by atoms with Crippen molar-refractivity contribution >= 4 is 0 Å². The quantitative estimate of drug-likeness (QED) is 0.861. The second-order valence-electron chi connectivity index (χ2n) is 4.69. The zero-order valence-corrected chi connectivity index (χ0v) is 11.0. The summed E-state index contributed by atoms with van der Waals surface area (Å²) in [5, 5.41) is 3.37. The van der Waals surface area contributed by atoms with Crippen LogP contribution in [0.25, 0.3) is 0 Å². The minimum Gasteiger partial charge on any atom is -0.304 e. The first-order valence-electron chi connectivity index (χ1n) is 6.34. The largest absolute Gasteiger partial charge is 0.304 e. The molecule has 1 nitrogen and oxygen atoms in total. The predicted octanol–water partition coefficient (Wildman–Crippen LogP) is 4.38. The van der Waals surface area contributed by atoms with Crippen LogP contribution < -0.4 is 5.32 Å². The van der Waals surface area contributed by atoms with Crippen LogP contribution >= 0.6 is 0 Å². The van der Waals surface area contributed by atoms with E-state index in [9.17, 15) is 8.78 Å². The van der Waals surface area contributed by atoms with Crippen LogP contribution in [0.4, 0.5) is 8.78 Å². The molecule has 3 heteroatoms. The van der Waals surface area contributed by atoms with Crippen molar-refractivity contribution < 1.29 is 8.78 Å². The van der Waals surface area contributed by atoms with Crippen LogP contribution in [-0.2, 0) is 0 Å². The van der Waals surface area contributed by atoms with Crippen molar-refractivity contribution in [2.75, 3.05) is 0 Å². The molecule has 0 fully saturated rings. The maximum absolute atomic E-state index is 13.2. The Kier molecular flexibility index (Phi) is 4.27. The topological polar surface area (TPSA) is 12.0 Å². The monoisotopic (exact) mass is 261 g/mol. The molecule has 2 rings (SSSR count). The summed E-state index contributed by atoms with van der Waals surface area (Å²) in [6, 6.07) is 14.1. The van der Waals surface area contributed by atoms with Gasteiger partial charge in [0.15, 0.2) is 11.6 Å². The Labute approximate surface area is 112 Å². The highest BCUT2D eigenvalue weighted by molar-refractivity contribution is 5.23. The number of hydrogen-bond donors (Lipinski definition) is 1. The molecule has 0 amide bonds. The minimum absolute atomic E-state index is 0.0506. The number of nitrogens with one attached hydrogen (secondary N) is 1. The van der Waals surface area contributed by atoms with E-state index in [0.29, 0.717) is 0 Å². The molecule has 19 heavy (non-hydrogen) atoms. The van der Waals surface area contributed by atoms with Crippen molar-refractivity contribution in [2.45, 2.75) is 25.9 Å². The van der Waals surface area contributed by atoms with Gasteiger partial charge in [0.1, 0.15) is 0 Å². The molecule has 1 N–H and O–H groups in total. The maximum Gasteiger partial charge on any atom is 0.159 e. The smallest absolute Gasteiger partial charge is 0.159 e. The van der Waals surface area contributed by atoms with E-state index in [1.807, 2.05) is 44.2 Å². The lowest BCUT2D eigenvalue weighted by Gasteiger charge is -2.21. The van der Waals surface area contributed by atoms with Gasteiger partial charge in [-0.05, 0) is 37.1 Å². The number of halogens is 2. The number of rotatable bonds is 4. The highest BCUT2D eigenvalue weighted by Gasteiger charge is 2.12. The van der Waals surface area contributed by atoms with E-state index in [2.05, 4.69) is 5.32 Å². The van der Waals surface area contributed by atoms with Gasteiger partial charge in [0, 0.05) is 12.1 Å². The van der Waals surface area contributed by atoms with Crippen LogP contribution in [0.1, 0.15) is 37.1 Å². The molecule has 0 aliphatic heterocycles. The van der Waals surface area contributed by atoms with Crippen molar-refractivity contribution in [1.29, 1.82) is 0 Å². The SMILES string of the molecule is CC(N[C@H](C)c1ccccc1)c1ccc(F)c(F)c1. The molecule has 0 heterocycles. The van der Waals surface area contributed by atoms with E-state index < -0.39 is 11.6 Å². The van der Waals surface area contributed by atoms with Gasteiger partial charge in [0.25, 0.3) is 0 Å². The summed E-state index contributed by atoms with van der Waals surface area (Å²) < 4.78 is 26.1. The van der Waals surface area contributed by atoms with Gasteiger partial charge in [-0.2, -0.15) is 0 Å². The molecule has 0 aliphatic rings. The molecule has 1 unspecified atom stereocenters. The third-order valence-corrected chi connectivity index (χ3v) is 3.24. The molecular formula is C16H17F2N. The lowest BCUT2D eigenvalue weighted by Crippen LogP contribution is -2.22. The van der Waals surface area contributed by atoms with E-state index in [1.165, 1.54) is 6.07 Å². The molecule has 2 aromatic rings. The van der Waals surface area contributed by atoms with E-state index in [-0.39, 0.29) is 12.1 Å². The number of benzene rings is 2. The van der Waals surface area contributed by atoms with Gasteiger partial charge in [0.2, 0.25) is 0 Å². The zero-order chi connectivity index (χ0) is 13.8. The van der Waals surface area contributed by atoms with Crippen LogP contribution in [0.2, 0.25) is 0 Å². The average molecular weight is 261 g/mol. The summed E-state index contributed by atoms with van der Waals surface area (Å²) in [4.78, 5) is 0. The Morgan fingerprint density at radius 1 is 0.789 bits per heavy atom. The molecule has 100 valence electrons. The van der Waals surface area contributed by atoms with Crippen molar-refractivity contribution in [3.8, 4) is 0 Å². The van der Waals surface area contributed by atoms with Gasteiger partial charge >= 0.3 is 0 Å². The molecule has 0 saturated heterocycles. The van der Waals surface area contributed by atoms with Crippen LogP contribution in [-0.4, -0.2) is 0 Å². The first kappa shape index (κ1) is 13.7. The Hall–Kier alpha value is -1.74. The fourth-order valence-electron chi connectivity index (χ4n) is 2.09. The predicted molar refractivity (Wildman–Crippen MR) is 72.8 cm³/mol. The van der Waals surface area contributed by atoms with Gasteiger partial charge in [-0.1, -0.05) is 36.4 Å². The summed E-state index contributed by atoms with van der Waals surface area (Å²) >= 11 is 0. The first-order chi connectivity index (χ1) is 9.08. The van der Waals surface area contributed by atoms with Crippen molar-refractivity contribution in [3.05, 3.63) is 71.3 Å². The molecule has 0 spiro atoms. The maximum atomic E-state index is 13.2. The van der Waals surface area contributed by atoms with E-state index in [4.69, 9.17) is 0 Å². The first-order valence-corrected chi connectivity index (χ1v) is 6.34. The van der Waals surface area contributed by atoms with Crippen LogP contribution in [0.3, 0.4) is 0 Å².